The van der Waals surface area contributed by atoms with Crippen LogP contribution >= 0.6 is 0 Å². The van der Waals surface area contributed by atoms with Gasteiger partial charge in [-0.05, 0) is 61.0 Å². The summed E-state index contributed by atoms with van der Waals surface area (Å²) in [5, 5.41) is 11.1. The van der Waals surface area contributed by atoms with Crippen molar-refractivity contribution in [1.29, 1.82) is 0 Å². The number of rotatable bonds is 6. The maximum absolute atomic E-state index is 12.9. The highest BCUT2D eigenvalue weighted by atomic mass is 32.2. The molecule has 162 valence electrons. The number of carbonyl (C=O) groups excluding carboxylic acids is 1. The predicted molar refractivity (Wildman–Crippen MR) is 124 cm³/mol. The lowest BCUT2D eigenvalue weighted by molar-refractivity contribution is 0.102. The van der Waals surface area contributed by atoms with E-state index in [-0.39, 0.29) is 5.91 Å². The third-order valence-corrected chi connectivity index (χ3v) is 6.38. The molecule has 32 heavy (non-hydrogen) atoms. The molecule has 0 saturated carbocycles. The quantitative estimate of drug-likeness (QED) is 0.471. The van der Waals surface area contributed by atoms with Crippen LogP contribution in [0.15, 0.2) is 60.0 Å². The van der Waals surface area contributed by atoms with Gasteiger partial charge in [0.05, 0.1) is 28.2 Å². The Morgan fingerprint density at radius 2 is 2.00 bits per heavy atom. The van der Waals surface area contributed by atoms with Gasteiger partial charge in [-0.2, -0.15) is 5.10 Å². The SMILES string of the molecule is CS(=O)c1ccc(NC(=O)c2n[nH]c3ccc(-c4cncc(CN5CCC5)c4)cc23)cn1. The Hall–Kier alpha value is -3.43. The van der Waals surface area contributed by atoms with E-state index in [9.17, 15) is 9.00 Å². The number of benzene rings is 1. The number of nitrogens with zero attached hydrogens (tertiary/aromatic N) is 4. The molecule has 4 heterocycles. The molecule has 1 aliphatic rings. The van der Waals surface area contributed by atoms with Crippen LogP contribution in [0.2, 0.25) is 0 Å². The Labute approximate surface area is 187 Å². The van der Waals surface area contributed by atoms with Gasteiger partial charge in [-0.15, -0.1) is 0 Å². The van der Waals surface area contributed by atoms with Crippen LogP contribution in [-0.4, -0.2) is 54.5 Å². The van der Waals surface area contributed by atoms with Crippen LogP contribution < -0.4 is 5.32 Å². The number of fused-ring (bicyclic) bond motifs is 1. The third kappa shape index (κ3) is 4.17. The number of aromatic amines is 1. The number of anilines is 1. The van der Waals surface area contributed by atoms with E-state index in [0.29, 0.717) is 16.4 Å². The molecule has 3 aromatic heterocycles. The summed E-state index contributed by atoms with van der Waals surface area (Å²) >= 11 is 0. The molecule has 0 bridgehead atoms. The predicted octanol–water partition coefficient (Wildman–Crippen LogP) is 3.22. The van der Waals surface area contributed by atoms with Crippen molar-refractivity contribution >= 4 is 33.3 Å². The van der Waals surface area contributed by atoms with Crippen LogP contribution in [0.4, 0.5) is 5.69 Å². The van der Waals surface area contributed by atoms with Crippen LogP contribution in [-0.2, 0) is 17.3 Å². The summed E-state index contributed by atoms with van der Waals surface area (Å²) < 4.78 is 11.5. The van der Waals surface area contributed by atoms with Crippen molar-refractivity contribution in [2.75, 3.05) is 24.7 Å². The second kappa shape index (κ2) is 8.60. The van der Waals surface area contributed by atoms with Gasteiger partial charge in [-0.1, -0.05) is 6.07 Å². The van der Waals surface area contributed by atoms with Crippen LogP contribution in [0.3, 0.4) is 0 Å². The van der Waals surface area contributed by atoms with Crippen molar-refractivity contribution in [2.45, 2.75) is 18.0 Å². The first kappa shape index (κ1) is 20.5. The molecule has 1 unspecified atom stereocenters. The van der Waals surface area contributed by atoms with E-state index in [1.165, 1.54) is 18.2 Å². The summed E-state index contributed by atoms with van der Waals surface area (Å²) in [6, 6.07) is 11.3. The molecular formula is C23H22N6O2S. The van der Waals surface area contributed by atoms with Crippen LogP contribution in [0.5, 0.6) is 0 Å². The van der Waals surface area contributed by atoms with Crippen molar-refractivity contribution < 1.29 is 9.00 Å². The molecule has 4 aromatic rings. The Morgan fingerprint density at radius 3 is 2.72 bits per heavy atom. The molecule has 1 aromatic carbocycles. The molecular weight excluding hydrogens is 424 g/mol. The summed E-state index contributed by atoms with van der Waals surface area (Å²) in [5.74, 6) is -0.342. The monoisotopic (exact) mass is 446 g/mol. The molecule has 2 N–H and O–H groups in total. The van der Waals surface area contributed by atoms with Gasteiger partial charge in [0.2, 0.25) is 0 Å². The number of hydrogen-bond acceptors (Lipinski definition) is 6. The first-order chi connectivity index (χ1) is 15.6. The van der Waals surface area contributed by atoms with Crippen molar-refractivity contribution in [2.24, 2.45) is 0 Å². The lowest BCUT2D eigenvalue weighted by atomic mass is 10.0. The van der Waals surface area contributed by atoms with Gasteiger partial charge in [0.15, 0.2) is 5.69 Å². The fourth-order valence-corrected chi connectivity index (χ4v) is 4.17. The van der Waals surface area contributed by atoms with Crippen molar-refractivity contribution in [3.63, 3.8) is 0 Å². The van der Waals surface area contributed by atoms with Gasteiger partial charge >= 0.3 is 0 Å². The number of likely N-dealkylation sites (tertiary alicyclic amines) is 1. The van der Waals surface area contributed by atoms with Gasteiger partial charge in [-0.3, -0.25) is 24.0 Å². The number of amides is 1. The second-order valence-corrected chi connectivity index (χ2v) is 9.16. The minimum atomic E-state index is -1.17. The fourth-order valence-electron chi connectivity index (χ4n) is 3.71. The van der Waals surface area contributed by atoms with E-state index in [0.717, 1.165) is 41.7 Å². The number of carbonyl (C=O) groups is 1. The summed E-state index contributed by atoms with van der Waals surface area (Å²) in [7, 11) is -1.17. The minimum absolute atomic E-state index is 0.301. The Morgan fingerprint density at radius 1 is 1.12 bits per heavy atom. The highest BCUT2D eigenvalue weighted by molar-refractivity contribution is 7.84. The van der Waals surface area contributed by atoms with E-state index in [1.807, 2.05) is 30.6 Å². The zero-order valence-corrected chi connectivity index (χ0v) is 18.4. The molecule has 8 nitrogen and oxygen atoms in total. The van der Waals surface area contributed by atoms with E-state index in [1.54, 1.807) is 18.4 Å². The molecule has 5 rings (SSSR count). The highest BCUT2D eigenvalue weighted by Gasteiger charge is 2.17. The number of nitrogens with one attached hydrogen (secondary N) is 2. The zero-order chi connectivity index (χ0) is 22.1. The topological polar surface area (TPSA) is 104 Å². The smallest absolute Gasteiger partial charge is 0.276 e. The summed E-state index contributed by atoms with van der Waals surface area (Å²) in [4.78, 5) is 23.8. The molecule has 1 atom stereocenters. The van der Waals surface area contributed by atoms with Gasteiger partial charge in [-0.25, -0.2) is 4.98 Å². The number of hydrogen-bond donors (Lipinski definition) is 2. The molecule has 1 amide bonds. The average Bonchev–Trinajstić information content (AvgIpc) is 3.20. The Kier molecular flexibility index (Phi) is 5.50. The Bertz CT molecular complexity index is 1310. The molecule has 1 fully saturated rings. The first-order valence-electron chi connectivity index (χ1n) is 10.3. The summed E-state index contributed by atoms with van der Waals surface area (Å²) in [6.45, 7) is 3.18. The van der Waals surface area contributed by atoms with Crippen LogP contribution in [0.1, 0.15) is 22.5 Å². The average molecular weight is 447 g/mol. The van der Waals surface area contributed by atoms with Gasteiger partial charge < -0.3 is 5.32 Å². The summed E-state index contributed by atoms with van der Waals surface area (Å²) in [5.41, 5.74) is 4.75. The lowest BCUT2D eigenvalue weighted by Crippen LogP contribution is -2.36. The third-order valence-electron chi connectivity index (χ3n) is 5.55. The number of H-pyrrole nitrogens is 1. The molecule has 9 heteroatoms. The zero-order valence-electron chi connectivity index (χ0n) is 17.5. The van der Waals surface area contributed by atoms with Crippen molar-refractivity contribution in [3.8, 4) is 11.1 Å². The maximum Gasteiger partial charge on any atom is 0.276 e. The largest absolute Gasteiger partial charge is 0.319 e. The molecule has 1 aliphatic heterocycles. The fraction of sp³-hybridized carbons (Fsp3) is 0.217. The van der Waals surface area contributed by atoms with E-state index in [2.05, 4.69) is 36.4 Å². The molecule has 0 aliphatic carbocycles. The van der Waals surface area contributed by atoms with E-state index < -0.39 is 10.8 Å². The standard InChI is InChI=1S/C23H22N6O2S/c1-32(31)21-6-4-18(13-25-21)26-23(30)22-19-10-16(3-5-20(19)27-28-22)17-9-15(11-24-12-17)14-29-7-2-8-29/h3-6,9-13H,2,7-8,14H2,1H3,(H,26,30)(H,27,28). The minimum Gasteiger partial charge on any atom is -0.319 e. The molecule has 0 spiro atoms. The normalized spacial score (nSPS) is 14.8. The Balaban J connectivity index is 1.40. The van der Waals surface area contributed by atoms with Gasteiger partial charge in [0.25, 0.3) is 5.91 Å². The van der Waals surface area contributed by atoms with E-state index >= 15 is 0 Å². The van der Waals surface area contributed by atoms with Crippen molar-refractivity contribution in [3.05, 3.63) is 66.2 Å². The van der Waals surface area contributed by atoms with Crippen LogP contribution in [0.25, 0.3) is 22.0 Å². The maximum atomic E-state index is 12.9. The summed E-state index contributed by atoms with van der Waals surface area (Å²) in [6.07, 6.45) is 8.05. The first-order valence-corrected chi connectivity index (χ1v) is 11.9. The van der Waals surface area contributed by atoms with E-state index in [4.69, 9.17) is 0 Å². The lowest BCUT2D eigenvalue weighted by Gasteiger charge is -2.30. The molecule has 1 saturated heterocycles. The van der Waals surface area contributed by atoms with Gasteiger partial charge in [0.1, 0.15) is 5.03 Å². The second-order valence-electron chi connectivity index (χ2n) is 7.84. The molecule has 0 radical (unpaired) electrons. The van der Waals surface area contributed by atoms with Crippen LogP contribution in [0, 0.1) is 0 Å². The highest BCUT2D eigenvalue weighted by Crippen LogP contribution is 2.26. The number of pyridine rings is 2. The number of aromatic nitrogens is 4. The van der Waals surface area contributed by atoms with Gasteiger partial charge in [0, 0.05) is 36.1 Å². The van der Waals surface area contributed by atoms with Crippen molar-refractivity contribution in [1.82, 2.24) is 25.1 Å².